The number of fused-ring (bicyclic) bond motifs is 1. The molecule has 1 aliphatic heterocycles. The molecule has 1 heterocycles. The first kappa shape index (κ1) is 8.06. The van der Waals surface area contributed by atoms with Crippen LogP contribution in [0.2, 0.25) is 0 Å². The van der Waals surface area contributed by atoms with Crippen molar-refractivity contribution in [2.24, 2.45) is 0 Å². The molecule has 1 aliphatic carbocycles. The zero-order valence-corrected chi connectivity index (χ0v) is 8.01. The lowest BCUT2D eigenvalue weighted by molar-refractivity contribution is 0.232. The number of likely N-dealkylation sites (tertiary alicyclic amines) is 1. The van der Waals surface area contributed by atoms with Gasteiger partial charge in [0.2, 0.25) is 0 Å². The summed E-state index contributed by atoms with van der Waals surface area (Å²) in [6.45, 7) is 7.00. The molecule has 1 saturated heterocycles. The lowest BCUT2D eigenvalue weighted by atomic mass is 10.0. The molecular weight excluding hydrogens is 146 g/mol. The molecular formula is C11H17N. The normalized spacial score (nSPS) is 23.9. The van der Waals surface area contributed by atoms with Gasteiger partial charge in [-0.2, -0.15) is 0 Å². The van der Waals surface area contributed by atoms with E-state index in [-0.39, 0.29) is 0 Å². The van der Waals surface area contributed by atoms with Crippen LogP contribution < -0.4 is 0 Å². The summed E-state index contributed by atoms with van der Waals surface area (Å²) in [5, 5.41) is 0. The SMILES string of the molecule is CC(C)N1CCC2=CCC=C2C1. The minimum Gasteiger partial charge on any atom is -0.296 e. The highest BCUT2D eigenvalue weighted by Crippen LogP contribution is 2.28. The Hall–Kier alpha value is -0.560. The van der Waals surface area contributed by atoms with Crippen molar-refractivity contribution in [1.82, 2.24) is 4.90 Å². The minimum atomic E-state index is 0.702. The van der Waals surface area contributed by atoms with E-state index in [1.807, 2.05) is 0 Å². The molecule has 1 fully saturated rings. The van der Waals surface area contributed by atoms with Gasteiger partial charge in [-0.15, -0.1) is 0 Å². The molecule has 0 bridgehead atoms. The van der Waals surface area contributed by atoms with Gasteiger partial charge < -0.3 is 0 Å². The molecule has 2 aliphatic rings. The Bertz CT molecular complexity index is 235. The predicted molar refractivity (Wildman–Crippen MR) is 52.1 cm³/mol. The molecule has 0 unspecified atom stereocenters. The molecule has 0 saturated carbocycles. The maximum absolute atomic E-state index is 2.55. The second-order valence-corrected chi connectivity index (χ2v) is 4.01. The van der Waals surface area contributed by atoms with Gasteiger partial charge in [-0.1, -0.05) is 12.2 Å². The number of rotatable bonds is 1. The Morgan fingerprint density at radius 2 is 2.00 bits per heavy atom. The van der Waals surface area contributed by atoms with Crippen LogP contribution in [0.25, 0.3) is 0 Å². The average molecular weight is 163 g/mol. The number of hydrogen-bond acceptors (Lipinski definition) is 1. The van der Waals surface area contributed by atoms with Gasteiger partial charge in [0, 0.05) is 19.1 Å². The molecule has 0 atom stereocenters. The quantitative estimate of drug-likeness (QED) is 0.573. The van der Waals surface area contributed by atoms with E-state index >= 15 is 0 Å². The van der Waals surface area contributed by atoms with Crippen molar-refractivity contribution in [1.29, 1.82) is 0 Å². The van der Waals surface area contributed by atoms with Crippen molar-refractivity contribution in [2.75, 3.05) is 13.1 Å². The highest BCUT2D eigenvalue weighted by Gasteiger charge is 2.21. The number of nitrogens with zero attached hydrogens (tertiary/aromatic N) is 1. The van der Waals surface area contributed by atoms with Crippen LogP contribution in [0.4, 0.5) is 0 Å². The molecule has 0 aromatic carbocycles. The highest BCUT2D eigenvalue weighted by atomic mass is 15.1. The Kier molecular flexibility index (Phi) is 2.05. The summed E-state index contributed by atoms with van der Waals surface area (Å²) < 4.78 is 0. The van der Waals surface area contributed by atoms with Gasteiger partial charge in [0.05, 0.1) is 0 Å². The third-order valence-corrected chi connectivity index (χ3v) is 2.91. The van der Waals surface area contributed by atoms with Gasteiger partial charge in [0.1, 0.15) is 0 Å². The van der Waals surface area contributed by atoms with Crippen molar-refractivity contribution in [2.45, 2.75) is 32.7 Å². The molecule has 0 spiro atoms. The van der Waals surface area contributed by atoms with E-state index in [2.05, 4.69) is 30.9 Å². The molecule has 2 rings (SSSR count). The highest BCUT2D eigenvalue weighted by molar-refractivity contribution is 5.39. The smallest absolute Gasteiger partial charge is 0.0236 e. The molecule has 66 valence electrons. The van der Waals surface area contributed by atoms with Gasteiger partial charge in [-0.3, -0.25) is 4.90 Å². The van der Waals surface area contributed by atoms with Crippen molar-refractivity contribution in [3.63, 3.8) is 0 Å². The average Bonchev–Trinajstić information content (AvgIpc) is 2.49. The van der Waals surface area contributed by atoms with E-state index in [0.717, 1.165) is 0 Å². The standard InChI is InChI=1S/C11H17N/c1-9(2)12-7-6-10-4-3-5-11(10)8-12/h4-5,9H,3,6-8H2,1-2H3. The van der Waals surface area contributed by atoms with Crippen LogP contribution in [0.15, 0.2) is 23.3 Å². The van der Waals surface area contributed by atoms with E-state index in [1.54, 1.807) is 11.1 Å². The molecule has 0 radical (unpaired) electrons. The van der Waals surface area contributed by atoms with Gasteiger partial charge in [-0.05, 0) is 37.8 Å². The summed E-state index contributed by atoms with van der Waals surface area (Å²) in [5.74, 6) is 0. The molecule has 0 aromatic rings. The molecule has 1 heteroatoms. The topological polar surface area (TPSA) is 3.24 Å². The first-order chi connectivity index (χ1) is 5.77. The van der Waals surface area contributed by atoms with Gasteiger partial charge >= 0.3 is 0 Å². The fourth-order valence-electron chi connectivity index (χ4n) is 2.04. The lowest BCUT2D eigenvalue weighted by Crippen LogP contribution is -2.37. The van der Waals surface area contributed by atoms with Crippen molar-refractivity contribution in [3.05, 3.63) is 23.3 Å². The van der Waals surface area contributed by atoms with Crippen LogP contribution in [0, 0.1) is 0 Å². The predicted octanol–water partition coefficient (Wildman–Crippen LogP) is 2.36. The second kappa shape index (κ2) is 3.06. The monoisotopic (exact) mass is 163 g/mol. The van der Waals surface area contributed by atoms with Crippen LogP contribution >= 0.6 is 0 Å². The van der Waals surface area contributed by atoms with E-state index < -0.39 is 0 Å². The van der Waals surface area contributed by atoms with Crippen LogP contribution in [0.1, 0.15) is 26.7 Å². The van der Waals surface area contributed by atoms with Crippen LogP contribution in [-0.4, -0.2) is 24.0 Å². The Labute approximate surface area is 74.8 Å². The van der Waals surface area contributed by atoms with Crippen LogP contribution in [0.3, 0.4) is 0 Å². The second-order valence-electron chi connectivity index (χ2n) is 4.01. The fourth-order valence-corrected chi connectivity index (χ4v) is 2.04. The van der Waals surface area contributed by atoms with Gasteiger partial charge in [0.15, 0.2) is 0 Å². The summed E-state index contributed by atoms with van der Waals surface area (Å²) in [7, 11) is 0. The summed E-state index contributed by atoms with van der Waals surface area (Å²) >= 11 is 0. The minimum absolute atomic E-state index is 0.702. The zero-order valence-electron chi connectivity index (χ0n) is 8.01. The Morgan fingerprint density at radius 3 is 2.75 bits per heavy atom. The zero-order chi connectivity index (χ0) is 8.55. The third-order valence-electron chi connectivity index (χ3n) is 2.91. The van der Waals surface area contributed by atoms with Crippen LogP contribution in [0.5, 0.6) is 0 Å². The van der Waals surface area contributed by atoms with Crippen molar-refractivity contribution in [3.8, 4) is 0 Å². The molecule has 0 aromatic heterocycles. The van der Waals surface area contributed by atoms with E-state index in [9.17, 15) is 0 Å². The van der Waals surface area contributed by atoms with Gasteiger partial charge in [-0.25, -0.2) is 0 Å². The summed E-state index contributed by atoms with van der Waals surface area (Å²) in [4.78, 5) is 2.55. The summed E-state index contributed by atoms with van der Waals surface area (Å²) in [6, 6.07) is 0.702. The fraction of sp³-hybridized carbons (Fsp3) is 0.636. The van der Waals surface area contributed by atoms with E-state index in [4.69, 9.17) is 0 Å². The molecule has 0 amide bonds. The number of allylic oxidation sites excluding steroid dienone is 2. The molecule has 1 nitrogen and oxygen atoms in total. The lowest BCUT2D eigenvalue weighted by Gasteiger charge is -2.32. The summed E-state index contributed by atoms with van der Waals surface area (Å²) in [6.07, 6.45) is 7.21. The third kappa shape index (κ3) is 1.34. The maximum atomic E-state index is 2.55. The van der Waals surface area contributed by atoms with E-state index in [0.29, 0.717) is 6.04 Å². The van der Waals surface area contributed by atoms with Crippen molar-refractivity contribution >= 4 is 0 Å². The maximum Gasteiger partial charge on any atom is 0.0236 e. The van der Waals surface area contributed by atoms with Gasteiger partial charge in [0.25, 0.3) is 0 Å². The largest absolute Gasteiger partial charge is 0.296 e. The Balaban J connectivity index is 2.07. The number of piperidine rings is 1. The van der Waals surface area contributed by atoms with Crippen LogP contribution in [-0.2, 0) is 0 Å². The van der Waals surface area contributed by atoms with E-state index in [1.165, 1.54) is 25.9 Å². The first-order valence-electron chi connectivity index (χ1n) is 4.90. The Morgan fingerprint density at radius 1 is 1.25 bits per heavy atom. The molecule has 0 N–H and O–H groups in total. The molecule has 12 heavy (non-hydrogen) atoms. The van der Waals surface area contributed by atoms with Crippen molar-refractivity contribution < 1.29 is 0 Å². The summed E-state index contributed by atoms with van der Waals surface area (Å²) in [5.41, 5.74) is 3.21. The number of hydrogen-bond donors (Lipinski definition) is 0. The first-order valence-corrected chi connectivity index (χ1v) is 4.90.